The van der Waals surface area contributed by atoms with Crippen molar-refractivity contribution < 1.29 is 38.1 Å². The van der Waals surface area contributed by atoms with Crippen molar-refractivity contribution >= 4 is 11.6 Å². The van der Waals surface area contributed by atoms with E-state index in [9.17, 15) is 4.79 Å². The van der Waals surface area contributed by atoms with E-state index < -0.39 is 10.2 Å². The number of carbonyl (C=O) groups is 1. The van der Waals surface area contributed by atoms with Crippen molar-refractivity contribution in [1.29, 1.82) is 0 Å². The topological polar surface area (TPSA) is 121 Å². The van der Waals surface area contributed by atoms with Crippen molar-refractivity contribution in [3.8, 4) is 0 Å². The lowest BCUT2D eigenvalue weighted by atomic mass is 10.0. The van der Waals surface area contributed by atoms with Gasteiger partial charge < -0.3 is 0 Å². The van der Waals surface area contributed by atoms with E-state index in [1.807, 2.05) is 18.2 Å². The van der Waals surface area contributed by atoms with Crippen molar-refractivity contribution in [2.24, 2.45) is 0 Å². The zero-order chi connectivity index (χ0) is 12.2. The van der Waals surface area contributed by atoms with Gasteiger partial charge in [-0.05, 0) is 18.2 Å². The third-order valence-corrected chi connectivity index (χ3v) is 1.63. The van der Waals surface area contributed by atoms with Crippen LogP contribution in [0.5, 0.6) is 0 Å². The fourth-order valence-electron chi connectivity index (χ4n) is 1.13. The zero-order valence-electron chi connectivity index (χ0n) is 7.92. The van der Waals surface area contributed by atoms with Gasteiger partial charge in [-0.3, -0.25) is 4.79 Å². The quantitative estimate of drug-likeness (QED) is 0.245. The third kappa shape index (κ3) is 4.47. The van der Waals surface area contributed by atoms with Gasteiger partial charge in [-0.15, -0.1) is 10.2 Å². The van der Waals surface area contributed by atoms with Gasteiger partial charge in [0.05, 0.1) is 5.57 Å². The molecule has 0 amide bonds. The number of carbonyl (C=O) groups excluding carboxylic acids is 2. The predicted molar refractivity (Wildman–Crippen MR) is 41.2 cm³/mol. The first-order valence-corrected chi connectivity index (χ1v) is 5.32. The Morgan fingerprint density at radius 1 is 1.19 bits per heavy atom. The average Bonchev–Trinajstić information content (AvgIpc) is 2.16. The fourth-order valence-corrected chi connectivity index (χ4v) is 1.13. The second kappa shape index (κ2) is 5.15. The molecular weight excluding hydrogens is 240 g/mol. The molecule has 0 fully saturated rings. The number of hydrogen-bond donors (Lipinski definition) is 0. The molecule has 1 heterocycles. The summed E-state index contributed by atoms with van der Waals surface area (Å²) in [6.45, 7) is 0.506. The largest absolute Gasteiger partial charge is 0.397 e. The Morgan fingerprint density at radius 3 is 2.38 bits per heavy atom. The number of rotatable bonds is 0. The summed E-state index contributed by atoms with van der Waals surface area (Å²) in [5.74, 6) is 0.446. The van der Waals surface area contributed by atoms with Crippen LogP contribution >= 0.6 is 0 Å². The van der Waals surface area contributed by atoms with Crippen molar-refractivity contribution in [3.63, 3.8) is 0 Å². The van der Waals surface area contributed by atoms with Gasteiger partial charge in [0.15, 0.2) is 0 Å². The van der Waals surface area contributed by atoms with Crippen molar-refractivity contribution in [1.82, 2.24) is 0 Å². The molecule has 0 spiro atoms. The Bertz CT molecular complexity index is 393. The molecule has 86 valence electrons. The van der Waals surface area contributed by atoms with E-state index >= 15 is 0 Å². The highest BCUT2D eigenvalue weighted by atomic mass is 35.7. The second-order valence-electron chi connectivity index (χ2n) is 2.77. The summed E-state index contributed by atoms with van der Waals surface area (Å²) in [5, 5.41) is 0. The van der Waals surface area contributed by atoms with Crippen molar-refractivity contribution in [2.75, 3.05) is 6.61 Å². The van der Waals surface area contributed by atoms with Gasteiger partial charge in [0, 0.05) is 6.08 Å². The van der Waals surface area contributed by atoms with Gasteiger partial charge in [0.2, 0.25) is 0 Å². The number of fused-ring (bicyclic) bond motifs is 1. The number of ketones is 2. The maximum absolute atomic E-state index is 11.1. The van der Waals surface area contributed by atoms with Crippen LogP contribution in [0.25, 0.3) is 0 Å². The van der Waals surface area contributed by atoms with Crippen LogP contribution in [-0.2, 0) is 9.22 Å². The third-order valence-electron chi connectivity index (χ3n) is 1.63. The molecule has 0 aromatic carbocycles. The highest BCUT2D eigenvalue weighted by Crippen LogP contribution is 2.09. The van der Waals surface area contributed by atoms with Crippen LogP contribution in [0.3, 0.4) is 0 Å². The van der Waals surface area contributed by atoms with Crippen molar-refractivity contribution in [2.45, 2.75) is 0 Å². The molecule has 0 saturated carbocycles. The highest BCUT2D eigenvalue weighted by Gasteiger charge is 2.28. The lowest BCUT2D eigenvalue weighted by Crippen LogP contribution is -2.68. The molecule has 16 heavy (non-hydrogen) atoms. The van der Waals surface area contributed by atoms with Crippen LogP contribution in [0.2, 0.25) is 0 Å². The second-order valence-corrected chi connectivity index (χ2v) is 3.52. The fraction of sp³-hybridized carbons (Fsp3) is 0.111. The van der Waals surface area contributed by atoms with E-state index in [1.54, 1.807) is 6.08 Å². The first-order chi connectivity index (χ1) is 7.38. The average molecular weight is 247 g/mol. The lowest BCUT2D eigenvalue weighted by Gasteiger charge is -2.17. The standard InChI is InChI=1S/C9H7O2.ClHO4/c10-8-5-1-3-7-4-2-6-11-9(7)8;2-1(3,4)5/h1-5H,6H2;(H,2,3,4,5)/q+1;/p-1. The van der Waals surface area contributed by atoms with Crippen LogP contribution < -0.4 is 18.6 Å². The molecule has 6 nitrogen and oxygen atoms in total. The minimum atomic E-state index is -4.94. The summed E-state index contributed by atoms with van der Waals surface area (Å²) in [4.78, 5) is 11.1. The molecular formula is C9H7ClO6. The van der Waals surface area contributed by atoms with Gasteiger partial charge in [-0.25, -0.2) is 23.1 Å². The number of hydrogen-bond acceptors (Lipinski definition) is 5. The van der Waals surface area contributed by atoms with Gasteiger partial charge in [-0.1, -0.05) is 6.08 Å². The minimum absolute atomic E-state index is 0.0353. The normalized spacial score (nSPS) is 18.1. The molecule has 2 rings (SSSR count). The summed E-state index contributed by atoms with van der Waals surface area (Å²) in [6.07, 6.45) is 8.91. The molecule has 2 aliphatic rings. The minimum Gasteiger partial charge on any atom is -0.279 e. The molecule has 7 heteroatoms. The van der Waals surface area contributed by atoms with E-state index in [1.165, 1.54) is 6.08 Å². The molecule has 0 bridgehead atoms. The van der Waals surface area contributed by atoms with Crippen molar-refractivity contribution in [3.05, 3.63) is 36.0 Å². The molecule has 1 aliphatic heterocycles. The van der Waals surface area contributed by atoms with E-state index in [-0.39, 0.29) is 5.78 Å². The Balaban J connectivity index is 0.000000221. The molecule has 0 N–H and O–H groups in total. The molecule has 0 saturated heterocycles. The summed E-state index contributed by atoms with van der Waals surface area (Å²) in [6, 6.07) is 0. The van der Waals surface area contributed by atoms with Crippen LogP contribution in [0.1, 0.15) is 0 Å². The summed E-state index contributed by atoms with van der Waals surface area (Å²) >= 11 is 0. The summed E-state index contributed by atoms with van der Waals surface area (Å²) in [7, 11) is -4.94. The van der Waals surface area contributed by atoms with E-state index in [2.05, 4.69) is 0 Å². The monoisotopic (exact) mass is 246 g/mol. The maximum Gasteiger partial charge on any atom is 0.397 e. The molecule has 1 aliphatic carbocycles. The molecule has 0 atom stereocenters. The maximum atomic E-state index is 11.1. The summed E-state index contributed by atoms with van der Waals surface area (Å²) in [5.41, 5.74) is 0.878. The lowest BCUT2D eigenvalue weighted by molar-refractivity contribution is -2.00. The van der Waals surface area contributed by atoms with Gasteiger partial charge >= 0.3 is 5.78 Å². The van der Waals surface area contributed by atoms with Gasteiger partial charge in [0.1, 0.15) is 0 Å². The molecule has 0 aromatic heterocycles. The van der Waals surface area contributed by atoms with Crippen LogP contribution in [0, 0.1) is 10.2 Å². The van der Waals surface area contributed by atoms with Gasteiger partial charge in [-0.2, -0.15) is 0 Å². The molecule has 0 unspecified atom stereocenters. The van der Waals surface area contributed by atoms with E-state index in [4.69, 9.17) is 23.1 Å². The Morgan fingerprint density at radius 2 is 1.81 bits per heavy atom. The summed E-state index contributed by atoms with van der Waals surface area (Å²) < 4.78 is 39.1. The van der Waals surface area contributed by atoms with Crippen LogP contribution in [-0.4, -0.2) is 18.2 Å². The number of allylic oxidation sites excluding steroid dienone is 5. The molecule has 0 radical (unpaired) electrons. The van der Waals surface area contributed by atoms with Crippen LogP contribution in [0.15, 0.2) is 36.0 Å². The zero-order valence-corrected chi connectivity index (χ0v) is 8.68. The Hall–Kier alpha value is -1.31. The highest BCUT2D eigenvalue weighted by molar-refractivity contribution is 6.49. The van der Waals surface area contributed by atoms with Gasteiger partial charge in [0.25, 0.3) is 12.4 Å². The first-order valence-electron chi connectivity index (χ1n) is 4.09. The van der Waals surface area contributed by atoms with E-state index in [0.717, 1.165) is 5.57 Å². The SMILES string of the molecule is O=C1C=CC=C2C=CC[O+]=C12.[O-][Cl+3]([O-])([O-])[O-]. The Labute approximate surface area is 92.9 Å². The van der Waals surface area contributed by atoms with E-state index in [0.29, 0.717) is 12.4 Å². The Kier molecular flexibility index (Phi) is 4.11. The van der Waals surface area contributed by atoms with Crippen LogP contribution in [0.4, 0.5) is 0 Å². The predicted octanol–water partition coefficient (Wildman–Crippen LogP) is -4.03. The number of halogens is 1. The smallest absolute Gasteiger partial charge is 0.279 e. The first kappa shape index (κ1) is 12.8. The molecule has 0 aromatic rings.